The summed E-state index contributed by atoms with van der Waals surface area (Å²) in [6.45, 7) is 3.03. The Balaban J connectivity index is 2.34. The molecule has 2 nitrogen and oxygen atoms in total. The van der Waals surface area contributed by atoms with Gasteiger partial charge in [-0.05, 0) is 19.4 Å². The molecule has 1 N–H and O–H groups in total. The Morgan fingerprint density at radius 2 is 2.00 bits per heavy atom. The minimum atomic E-state index is -1.69. The lowest BCUT2D eigenvalue weighted by atomic mass is 10.0. The molecule has 0 aliphatic rings. The van der Waals surface area contributed by atoms with Gasteiger partial charge in [-0.15, -0.1) is 0 Å². The number of aliphatic hydroxyl groups excluding tert-OH is 1. The first-order chi connectivity index (χ1) is 7.02. The zero-order valence-corrected chi connectivity index (χ0v) is 9.11. The average Bonchev–Trinajstić information content (AvgIpc) is 2.19. The first kappa shape index (κ1) is 12.1. The van der Waals surface area contributed by atoms with Crippen LogP contribution in [0.15, 0.2) is 30.3 Å². The number of hydrogen-bond donors (Lipinski definition) is 1. The number of hydrogen-bond acceptors (Lipinski definition) is 2. The predicted octanol–water partition coefficient (Wildman–Crippen LogP) is 2.31. The van der Waals surface area contributed by atoms with Crippen LogP contribution in [0.5, 0.6) is 0 Å². The third-order valence-electron chi connectivity index (χ3n) is 2.37. The van der Waals surface area contributed by atoms with Crippen LogP contribution in [0.3, 0.4) is 0 Å². The smallest absolute Gasteiger partial charge is 0.156 e. The van der Waals surface area contributed by atoms with E-state index in [1.54, 1.807) is 0 Å². The van der Waals surface area contributed by atoms with Crippen LogP contribution in [-0.4, -0.2) is 23.5 Å². The minimum absolute atomic E-state index is 0.0977. The van der Waals surface area contributed by atoms with Crippen molar-refractivity contribution in [3.05, 3.63) is 35.9 Å². The second-order valence-corrected chi connectivity index (χ2v) is 3.93. The van der Waals surface area contributed by atoms with E-state index in [0.717, 1.165) is 5.56 Å². The van der Waals surface area contributed by atoms with E-state index in [-0.39, 0.29) is 6.61 Å². The van der Waals surface area contributed by atoms with Crippen molar-refractivity contribution in [3.8, 4) is 0 Å². The van der Waals surface area contributed by atoms with Crippen molar-refractivity contribution in [2.75, 3.05) is 6.61 Å². The molecule has 15 heavy (non-hydrogen) atoms. The number of rotatable bonds is 5. The topological polar surface area (TPSA) is 29.5 Å². The third-order valence-corrected chi connectivity index (χ3v) is 2.37. The van der Waals surface area contributed by atoms with E-state index in [1.807, 2.05) is 30.3 Å². The largest absolute Gasteiger partial charge is 0.390 e. The molecule has 0 heterocycles. The molecule has 0 unspecified atom stereocenters. The Morgan fingerprint density at radius 1 is 1.40 bits per heavy atom. The van der Waals surface area contributed by atoms with Crippen molar-refractivity contribution < 1.29 is 14.2 Å². The molecule has 1 aromatic rings. The van der Waals surface area contributed by atoms with Gasteiger partial charge in [-0.1, -0.05) is 30.3 Å². The molecule has 0 fully saturated rings. The Bertz CT molecular complexity index is 283. The lowest BCUT2D eigenvalue weighted by Crippen LogP contribution is -2.37. The van der Waals surface area contributed by atoms with Crippen LogP contribution in [0.25, 0.3) is 0 Å². The maximum Gasteiger partial charge on any atom is 0.156 e. The first-order valence-corrected chi connectivity index (χ1v) is 5.01. The van der Waals surface area contributed by atoms with Crippen LogP contribution in [0.2, 0.25) is 0 Å². The van der Waals surface area contributed by atoms with Gasteiger partial charge in [0.2, 0.25) is 0 Å². The molecule has 0 bridgehead atoms. The van der Waals surface area contributed by atoms with Gasteiger partial charge in [-0.25, -0.2) is 4.39 Å². The van der Waals surface area contributed by atoms with Crippen LogP contribution in [0.4, 0.5) is 4.39 Å². The molecule has 0 radical (unpaired) electrons. The van der Waals surface area contributed by atoms with Crippen molar-refractivity contribution in [1.29, 1.82) is 0 Å². The van der Waals surface area contributed by atoms with Crippen LogP contribution < -0.4 is 0 Å². The van der Waals surface area contributed by atoms with Crippen molar-refractivity contribution in [2.45, 2.75) is 32.2 Å². The monoisotopic (exact) mass is 212 g/mol. The molecular weight excluding hydrogens is 195 g/mol. The normalized spacial score (nSPS) is 17.1. The summed E-state index contributed by atoms with van der Waals surface area (Å²) in [7, 11) is 0. The van der Waals surface area contributed by atoms with Gasteiger partial charge in [-0.2, -0.15) is 0 Å². The van der Waals surface area contributed by atoms with Crippen molar-refractivity contribution in [3.63, 3.8) is 0 Å². The number of halogens is 1. The maximum absolute atomic E-state index is 13.5. The maximum atomic E-state index is 13.5. The summed E-state index contributed by atoms with van der Waals surface area (Å²) in [6, 6.07) is 9.55. The van der Waals surface area contributed by atoms with Gasteiger partial charge in [0.25, 0.3) is 0 Å². The number of benzene rings is 1. The van der Waals surface area contributed by atoms with Gasteiger partial charge in [0, 0.05) is 0 Å². The second kappa shape index (κ2) is 5.24. The van der Waals surface area contributed by atoms with E-state index in [0.29, 0.717) is 6.61 Å². The van der Waals surface area contributed by atoms with Gasteiger partial charge in [-0.3, -0.25) is 0 Å². The Labute approximate surface area is 89.7 Å². The molecule has 0 saturated carbocycles. The fraction of sp³-hybridized carbons (Fsp3) is 0.500. The van der Waals surface area contributed by atoms with E-state index in [9.17, 15) is 4.39 Å². The van der Waals surface area contributed by atoms with Crippen molar-refractivity contribution in [1.82, 2.24) is 0 Å². The standard InChI is InChI=1S/C12H17FO2/c1-10(14)12(2,13)9-15-8-11-6-4-3-5-7-11/h3-7,10,14H,8-9H2,1-2H3/t10-,12+/m1/s1. The van der Waals surface area contributed by atoms with E-state index in [1.165, 1.54) is 13.8 Å². The summed E-state index contributed by atoms with van der Waals surface area (Å²) < 4.78 is 18.8. The molecule has 3 heteroatoms. The molecule has 1 rings (SSSR count). The van der Waals surface area contributed by atoms with Gasteiger partial charge >= 0.3 is 0 Å². The first-order valence-electron chi connectivity index (χ1n) is 5.01. The fourth-order valence-corrected chi connectivity index (χ4v) is 1.06. The molecule has 1 aromatic carbocycles. The van der Waals surface area contributed by atoms with Crippen LogP contribution >= 0.6 is 0 Å². The highest BCUT2D eigenvalue weighted by atomic mass is 19.1. The molecule has 0 aliphatic carbocycles. The number of aliphatic hydroxyl groups is 1. The lowest BCUT2D eigenvalue weighted by Gasteiger charge is -2.23. The SMILES string of the molecule is C[C@@H](O)[C@@](C)(F)COCc1ccccc1. The summed E-state index contributed by atoms with van der Waals surface area (Å²) in [6.07, 6.45) is -1.02. The summed E-state index contributed by atoms with van der Waals surface area (Å²) in [5.41, 5.74) is -0.687. The van der Waals surface area contributed by atoms with E-state index < -0.39 is 11.8 Å². The highest BCUT2D eigenvalue weighted by molar-refractivity contribution is 5.13. The van der Waals surface area contributed by atoms with Gasteiger partial charge in [0.1, 0.15) is 0 Å². The Hall–Kier alpha value is -0.930. The van der Waals surface area contributed by atoms with E-state index in [2.05, 4.69) is 0 Å². The molecule has 0 spiro atoms. The third kappa shape index (κ3) is 3.98. The molecule has 84 valence electrons. The summed E-state index contributed by atoms with van der Waals surface area (Å²) in [5, 5.41) is 9.12. The Kier molecular flexibility index (Phi) is 4.24. The van der Waals surface area contributed by atoms with Gasteiger partial charge < -0.3 is 9.84 Å². The zero-order chi connectivity index (χ0) is 11.3. The predicted molar refractivity (Wildman–Crippen MR) is 57.3 cm³/mol. The number of alkyl halides is 1. The fourth-order valence-electron chi connectivity index (χ4n) is 1.06. The molecule has 0 aromatic heterocycles. The highest BCUT2D eigenvalue weighted by Gasteiger charge is 2.29. The molecule has 0 saturated heterocycles. The van der Waals surface area contributed by atoms with Crippen molar-refractivity contribution >= 4 is 0 Å². The van der Waals surface area contributed by atoms with Crippen LogP contribution in [0.1, 0.15) is 19.4 Å². The van der Waals surface area contributed by atoms with Crippen molar-refractivity contribution in [2.24, 2.45) is 0 Å². The molecule has 2 atom stereocenters. The van der Waals surface area contributed by atoms with Crippen LogP contribution in [-0.2, 0) is 11.3 Å². The highest BCUT2D eigenvalue weighted by Crippen LogP contribution is 2.16. The Morgan fingerprint density at radius 3 is 2.53 bits per heavy atom. The van der Waals surface area contributed by atoms with Gasteiger partial charge in [0.15, 0.2) is 5.67 Å². The molecular formula is C12H17FO2. The van der Waals surface area contributed by atoms with E-state index in [4.69, 9.17) is 9.84 Å². The molecule has 0 amide bonds. The quantitative estimate of drug-likeness (QED) is 0.811. The summed E-state index contributed by atoms with van der Waals surface area (Å²) in [4.78, 5) is 0. The number of ether oxygens (including phenoxy) is 1. The summed E-state index contributed by atoms with van der Waals surface area (Å²) in [5.74, 6) is 0. The zero-order valence-electron chi connectivity index (χ0n) is 9.11. The lowest BCUT2D eigenvalue weighted by molar-refractivity contribution is -0.0533. The van der Waals surface area contributed by atoms with Crippen LogP contribution in [0, 0.1) is 0 Å². The minimum Gasteiger partial charge on any atom is -0.390 e. The molecule has 0 aliphatic heterocycles. The average molecular weight is 212 g/mol. The second-order valence-electron chi connectivity index (χ2n) is 3.93. The van der Waals surface area contributed by atoms with E-state index >= 15 is 0 Å². The summed E-state index contributed by atoms with van der Waals surface area (Å²) >= 11 is 0. The van der Waals surface area contributed by atoms with Gasteiger partial charge in [0.05, 0.1) is 19.3 Å².